The molecule has 2 rings (SSSR count). The van der Waals surface area contributed by atoms with Gasteiger partial charge in [0.2, 0.25) is 5.91 Å². The zero-order valence-corrected chi connectivity index (χ0v) is 10.5. The molecule has 3 heteroatoms. The van der Waals surface area contributed by atoms with Crippen molar-refractivity contribution in [2.75, 3.05) is 6.54 Å². The molecule has 16 heavy (non-hydrogen) atoms. The maximum Gasteiger partial charge on any atom is 0.238 e. The van der Waals surface area contributed by atoms with Crippen LogP contribution in [0.2, 0.25) is 0 Å². The van der Waals surface area contributed by atoms with E-state index in [0.717, 1.165) is 6.42 Å². The van der Waals surface area contributed by atoms with Gasteiger partial charge >= 0.3 is 0 Å². The molecular weight excluding hydrogens is 200 g/mol. The third kappa shape index (κ3) is 2.57. The Labute approximate surface area is 98.6 Å². The topological polar surface area (TPSA) is 32.3 Å². The van der Waals surface area contributed by atoms with Gasteiger partial charge in [-0.3, -0.25) is 10.1 Å². The van der Waals surface area contributed by atoms with Gasteiger partial charge in [0.25, 0.3) is 0 Å². The standard InChI is InChI=1S/C13H24N2O/c1-10(2)8-12-14-9-13(16)15(12)11-6-4-3-5-7-11/h10-12,14H,3-9H2,1-2H3. The van der Waals surface area contributed by atoms with Gasteiger partial charge in [0, 0.05) is 6.04 Å². The minimum Gasteiger partial charge on any atom is -0.323 e. The molecule has 1 unspecified atom stereocenters. The van der Waals surface area contributed by atoms with Crippen LogP contribution in [0.5, 0.6) is 0 Å². The minimum atomic E-state index is 0.301. The van der Waals surface area contributed by atoms with Gasteiger partial charge in [0.05, 0.1) is 12.7 Å². The summed E-state index contributed by atoms with van der Waals surface area (Å²) in [5.74, 6) is 0.965. The molecule has 0 bridgehead atoms. The zero-order valence-electron chi connectivity index (χ0n) is 10.5. The Bertz CT molecular complexity index is 246. The van der Waals surface area contributed by atoms with Gasteiger partial charge in [-0.05, 0) is 25.2 Å². The van der Waals surface area contributed by atoms with Crippen LogP contribution in [0.4, 0.5) is 0 Å². The molecule has 0 aromatic rings. The van der Waals surface area contributed by atoms with Crippen molar-refractivity contribution in [3.05, 3.63) is 0 Å². The van der Waals surface area contributed by atoms with E-state index >= 15 is 0 Å². The third-order valence-corrected chi connectivity index (χ3v) is 3.78. The van der Waals surface area contributed by atoms with Gasteiger partial charge in [-0.1, -0.05) is 33.1 Å². The van der Waals surface area contributed by atoms with Gasteiger partial charge in [0.1, 0.15) is 0 Å². The van der Waals surface area contributed by atoms with E-state index in [-0.39, 0.29) is 0 Å². The molecule has 0 aromatic heterocycles. The van der Waals surface area contributed by atoms with E-state index in [2.05, 4.69) is 24.1 Å². The Morgan fingerprint density at radius 2 is 2.00 bits per heavy atom. The molecule has 1 amide bonds. The molecule has 1 saturated carbocycles. The maximum atomic E-state index is 11.9. The zero-order chi connectivity index (χ0) is 11.5. The molecule has 92 valence electrons. The molecule has 0 radical (unpaired) electrons. The summed E-state index contributed by atoms with van der Waals surface area (Å²) in [6, 6.07) is 0.514. The lowest BCUT2D eigenvalue weighted by molar-refractivity contribution is -0.131. The van der Waals surface area contributed by atoms with Crippen LogP contribution in [0, 0.1) is 5.92 Å². The minimum absolute atomic E-state index is 0.301. The van der Waals surface area contributed by atoms with Crippen molar-refractivity contribution in [3.8, 4) is 0 Å². The lowest BCUT2D eigenvalue weighted by Gasteiger charge is -2.35. The van der Waals surface area contributed by atoms with E-state index in [1.54, 1.807) is 0 Å². The number of carbonyl (C=O) groups is 1. The number of nitrogens with zero attached hydrogens (tertiary/aromatic N) is 1. The van der Waals surface area contributed by atoms with Crippen molar-refractivity contribution >= 4 is 5.91 Å². The second-order valence-corrected chi connectivity index (χ2v) is 5.62. The van der Waals surface area contributed by atoms with Crippen LogP contribution in [0.25, 0.3) is 0 Å². The fourth-order valence-electron chi connectivity index (χ4n) is 3.03. The maximum absolute atomic E-state index is 11.9. The van der Waals surface area contributed by atoms with Crippen molar-refractivity contribution in [2.45, 2.75) is 64.6 Å². The van der Waals surface area contributed by atoms with Crippen LogP contribution in [-0.4, -0.2) is 29.6 Å². The lowest BCUT2D eigenvalue weighted by Crippen LogP contribution is -2.46. The molecule has 1 N–H and O–H groups in total. The van der Waals surface area contributed by atoms with E-state index in [1.807, 2.05) is 0 Å². The highest BCUT2D eigenvalue weighted by Gasteiger charge is 2.36. The first-order valence-corrected chi connectivity index (χ1v) is 6.73. The smallest absolute Gasteiger partial charge is 0.238 e. The van der Waals surface area contributed by atoms with Crippen LogP contribution in [0.15, 0.2) is 0 Å². The molecule has 1 saturated heterocycles. The number of nitrogens with one attached hydrogen (secondary N) is 1. The molecular formula is C13H24N2O. The highest BCUT2D eigenvalue weighted by Crippen LogP contribution is 2.27. The Hall–Kier alpha value is -0.570. The summed E-state index contributed by atoms with van der Waals surface area (Å²) in [4.78, 5) is 14.1. The first-order valence-electron chi connectivity index (χ1n) is 6.73. The molecule has 0 spiro atoms. The number of carbonyl (C=O) groups excluding carboxylic acids is 1. The van der Waals surface area contributed by atoms with Gasteiger partial charge in [-0.25, -0.2) is 0 Å². The van der Waals surface area contributed by atoms with Crippen LogP contribution in [0.1, 0.15) is 52.4 Å². The highest BCUT2D eigenvalue weighted by molar-refractivity contribution is 5.81. The van der Waals surface area contributed by atoms with Gasteiger partial charge < -0.3 is 4.90 Å². The summed E-state index contributed by atoms with van der Waals surface area (Å²) in [6.07, 6.45) is 7.74. The molecule has 1 heterocycles. The van der Waals surface area contributed by atoms with E-state index < -0.39 is 0 Å². The first kappa shape index (κ1) is 11.9. The Morgan fingerprint density at radius 1 is 1.31 bits per heavy atom. The molecule has 2 aliphatic rings. The normalized spacial score (nSPS) is 28.1. The van der Waals surface area contributed by atoms with E-state index in [9.17, 15) is 4.79 Å². The molecule has 3 nitrogen and oxygen atoms in total. The summed E-state index contributed by atoms with van der Waals surface area (Å²) >= 11 is 0. The van der Waals surface area contributed by atoms with E-state index in [4.69, 9.17) is 0 Å². The van der Waals surface area contributed by atoms with E-state index in [1.165, 1.54) is 32.1 Å². The number of rotatable bonds is 3. The average molecular weight is 224 g/mol. The van der Waals surface area contributed by atoms with Gasteiger partial charge in [0.15, 0.2) is 0 Å². The monoisotopic (exact) mass is 224 g/mol. The summed E-state index contributed by atoms with van der Waals surface area (Å²) in [5, 5.41) is 3.36. The second kappa shape index (κ2) is 5.17. The number of amides is 1. The molecule has 1 aliphatic heterocycles. The molecule has 0 aromatic carbocycles. The summed E-state index contributed by atoms with van der Waals surface area (Å²) in [6.45, 7) is 5.00. The van der Waals surface area contributed by atoms with Crippen LogP contribution >= 0.6 is 0 Å². The third-order valence-electron chi connectivity index (χ3n) is 3.78. The fourth-order valence-corrected chi connectivity index (χ4v) is 3.03. The predicted molar refractivity (Wildman–Crippen MR) is 65.0 cm³/mol. The second-order valence-electron chi connectivity index (χ2n) is 5.62. The summed E-state index contributed by atoms with van der Waals surface area (Å²) in [5.41, 5.74) is 0. The predicted octanol–water partition coefficient (Wildman–Crippen LogP) is 2.12. The van der Waals surface area contributed by atoms with Crippen molar-refractivity contribution in [1.82, 2.24) is 10.2 Å². The first-order chi connectivity index (χ1) is 7.68. The molecule has 1 aliphatic carbocycles. The molecule has 2 fully saturated rings. The van der Waals surface area contributed by atoms with Crippen molar-refractivity contribution in [3.63, 3.8) is 0 Å². The number of hydrogen-bond acceptors (Lipinski definition) is 2. The average Bonchev–Trinajstić information content (AvgIpc) is 2.60. The fraction of sp³-hybridized carbons (Fsp3) is 0.923. The Kier molecular flexibility index (Phi) is 3.85. The van der Waals surface area contributed by atoms with Crippen molar-refractivity contribution < 1.29 is 4.79 Å². The largest absolute Gasteiger partial charge is 0.323 e. The highest BCUT2D eigenvalue weighted by atomic mass is 16.2. The van der Waals surface area contributed by atoms with Crippen LogP contribution in [-0.2, 0) is 4.79 Å². The SMILES string of the molecule is CC(C)CC1NCC(=O)N1C1CCCCC1. The summed E-state index contributed by atoms with van der Waals surface area (Å²) in [7, 11) is 0. The van der Waals surface area contributed by atoms with Crippen LogP contribution < -0.4 is 5.32 Å². The molecule has 1 atom stereocenters. The quantitative estimate of drug-likeness (QED) is 0.796. The lowest BCUT2D eigenvalue weighted by atomic mass is 9.93. The van der Waals surface area contributed by atoms with Gasteiger partial charge in [-0.2, -0.15) is 0 Å². The Morgan fingerprint density at radius 3 is 2.62 bits per heavy atom. The van der Waals surface area contributed by atoms with Crippen molar-refractivity contribution in [2.24, 2.45) is 5.92 Å². The van der Waals surface area contributed by atoms with E-state index in [0.29, 0.717) is 30.6 Å². The number of hydrogen-bond donors (Lipinski definition) is 1. The van der Waals surface area contributed by atoms with Crippen molar-refractivity contribution in [1.29, 1.82) is 0 Å². The van der Waals surface area contributed by atoms with Gasteiger partial charge in [-0.15, -0.1) is 0 Å². The Balaban J connectivity index is 1.99. The van der Waals surface area contributed by atoms with Crippen LogP contribution in [0.3, 0.4) is 0 Å². The summed E-state index contributed by atoms with van der Waals surface area (Å²) < 4.78 is 0.